The molecule has 10 heteroatoms. The van der Waals surface area contributed by atoms with E-state index in [-0.39, 0.29) is 23.3 Å². The second kappa shape index (κ2) is 5.92. The summed E-state index contributed by atoms with van der Waals surface area (Å²) in [6.07, 6.45) is 5.02. The number of thiophene rings is 1. The Bertz CT molecular complexity index is 873. The van der Waals surface area contributed by atoms with Crippen LogP contribution in [0.1, 0.15) is 33.6 Å². The van der Waals surface area contributed by atoms with Crippen molar-refractivity contribution in [1.82, 2.24) is 25.5 Å². The highest BCUT2D eigenvalue weighted by molar-refractivity contribution is 7.91. The molecule has 1 N–H and O–H groups in total. The zero-order valence-electron chi connectivity index (χ0n) is 12.9. The van der Waals surface area contributed by atoms with Crippen molar-refractivity contribution in [3.63, 3.8) is 0 Å². The summed E-state index contributed by atoms with van der Waals surface area (Å²) in [5.74, 6) is 0.220. The van der Waals surface area contributed by atoms with Gasteiger partial charge in [-0.05, 0) is 47.6 Å². The van der Waals surface area contributed by atoms with E-state index < -0.39 is 9.84 Å². The number of amides is 1. The van der Waals surface area contributed by atoms with Gasteiger partial charge in [-0.1, -0.05) is 0 Å². The van der Waals surface area contributed by atoms with Crippen LogP contribution in [-0.2, 0) is 22.7 Å². The molecule has 1 amide bonds. The maximum atomic E-state index is 12.8. The van der Waals surface area contributed by atoms with Gasteiger partial charge in [-0.15, -0.1) is 16.4 Å². The quantitative estimate of drug-likeness (QED) is 0.837. The maximum absolute atomic E-state index is 12.8. The molecule has 1 aliphatic heterocycles. The molecule has 24 heavy (non-hydrogen) atoms. The number of aromatic nitrogens is 4. The Morgan fingerprint density at radius 3 is 3.00 bits per heavy atom. The molecule has 128 valence electrons. The Kier molecular flexibility index (Phi) is 3.87. The highest BCUT2D eigenvalue weighted by Gasteiger charge is 2.31. The number of aryl methyl sites for hydroxylation is 1. The maximum Gasteiger partial charge on any atom is 0.254 e. The summed E-state index contributed by atoms with van der Waals surface area (Å²) in [5.41, 5.74) is 1.72. The summed E-state index contributed by atoms with van der Waals surface area (Å²) >= 11 is 1.56. The molecule has 2 aliphatic rings. The Hall–Kier alpha value is -1.81. The summed E-state index contributed by atoms with van der Waals surface area (Å²) in [6.45, 7) is 0.387. The molecule has 0 radical (unpaired) electrons. The third kappa shape index (κ3) is 2.84. The van der Waals surface area contributed by atoms with Crippen LogP contribution in [0, 0.1) is 5.92 Å². The minimum atomic E-state index is -2.93. The fourth-order valence-corrected chi connectivity index (χ4v) is 6.56. The number of carbonyl (C=O) groups excluding carboxylic acids is 1. The van der Waals surface area contributed by atoms with Gasteiger partial charge in [0.15, 0.2) is 9.84 Å². The predicted octanol–water partition coefficient (Wildman–Crippen LogP) is 0.377. The standard InChI is InChI=1S/C14H17N5O3S2/c20-13(15-6-9-4-5-24(21,22)7-9)12-10-2-1-3-11(10)23-14(12)19-8-16-17-18-19/h8-9H,1-7H2,(H,15,20)/t9-/m1/s1. The zero-order chi connectivity index (χ0) is 16.7. The Labute approximate surface area is 143 Å². The molecule has 3 heterocycles. The van der Waals surface area contributed by atoms with E-state index >= 15 is 0 Å². The molecule has 4 rings (SSSR count). The first-order valence-electron chi connectivity index (χ1n) is 7.90. The van der Waals surface area contributed by atoms with E-state index in [9.17, 15) is 13.2 Å². The van der Waals surface area contributed by atoms with Crippen molar-refractivity contribution in [2.24, 2.45) is 5.92 Å². The third-order valence-corrected chi connectivity index (χ3v) is 7.68. The number of sulfone groups is 1. The smallest absolute Gasteiger partial charge is 0.254 e. The molecule has 8 nitrogen and oxygen atoms in total. The fourth-order valence-electron chi connectivity index (χ4n) is 3.40. The molecule has 0 bridgehead atoms. The summed E-state index contributed by atoms with van der Waals surface area (Å²) in [4.78, 5) is 14.0. The van der Waals surface area contributed by atoms with Crippen molar-refractivity contribution >= 4 is 27.1 Å². The first-order valence-corrected chi connectivity index (χ1v) is 10.5. The van der Waals surface area contributed by atoms with E-state index in [1.54, 1.807) is 11.3 Å². The van der Waals surface area contributed by atoms with Crippen molar-refractivity contribution in [2.45, 2.75) is 25.7 Å². The lowest BCUT2D eigenvalue weighted by Gasteiger charge is -2.11. The molecule has 2 aromatic heterocycles. The Morgan fingerprint density at radius 1 is 1.42 bits per heavy atom. The van der Waals surface area contributed by atoms with Crippen LogP contribution in [-0.4, -0.2) is 52.6 Å². The summed E-state index contributed by atoms with van der Waals surface area (Å²) in [6, 6.07) is 0. The number of tetrazole rings is 1. The Balaban J connectivity index is 1.56. The van der Waals surface area contributed by atoms with Gasteiger partial charge in [0.2, 0.25) is 0 Å². The molecule has 2 aromatic rings. The zero-order valence-corrected chi connectivity index (χ0v) is 14.6. The number of carbonyl (C=O) groups is 1. The summed E-state index contributed by atoms with van der Waals surface area (Å²) in [7, 11) is -2.93. The van der Waals surface area contributed by atoms with Crippen molar-refractivity contribution < 1.29 is 13.2 Å². The van der Waals surface area contributed by atoms with Gasteiger partial charge in [-0.25, -0.2) is 8.42 Å². The van der Waals surface area contributed by atoms with Crippen LogP contribution in [0.25, 0.3) is 5.00 Å². The second-order valence-electron chi connectivity index (χ2n) is 6.27. The molecule has 1 fully saturated rings. The van der Waals surface area contributed by atoms with Gasteiger partial charge in [-0.3, -0.25) is 4.79 Å². The van der Waals surface area contributed by atoms with E-state index in [1.807, 2.05) is 0 Å². The molecule has 1 aliphatic carbocycles. The summed E-state index contributed by atoms with van der Waals surface area (Å²) < 4.78 is 24.6. The van der Waals surface area contributed by atoms with E-state index in [0.717, 1.165) is 29.8 Å². The lowest BCUT2D eigenvalue weighted by atomic mass is 10.1. The largest absolute Gasteiger partial charge is 0.352 e. The van der Waals surface area contributed by atoms with Crippen LogP contribution in [0.3, 0.4) is 0 Å². The molecule has 0 unspecified atom stereocenters. The van der Waals surface area contributed by atoms with Crippen LogP contribution in [0.15, 0.2) is 6.33 Å². The van der Waals surface area contributed by atoms with Crippen LogP contribution in [0.4, 0.5) is 0 Å². The van der Waals surface area contributed by atoms with Crippen LogP contribution >= 0.6 is 11.3 Å². The van der Waals surface area contributed by atoms with Crippen molar-refractivity contribution in [1.29, 1.82) is 0 Å². The van der Waals surface area contributed by atoms with Crippen LogP contribution < -0.4 is 5.32 Å². The molecule has 0 aromatic carbocycles. The van der Waals surface area contributed by atoms with Crippen LogP contribution in [0.2, 0.25) is 0 Å². The molecular formula is C14H17N5O3S2. The van der Waals surface area contributed by atoms with Crippen molar-refractivity contribution in [3.05, 3.63) is 22.3 Å². The minimum absolute atomic E-state index is 0.00196. The van der Waals surface area contributed by atoms with Crippen molar-refractivity contribution in [2.75, 3.05) is 18.1 Å². The number of fused-ring (bicyclic) bond motifs is 1. The van der Waals surface area contributed by atoms with E-state index in [1.165, 1.54) is 15.9 Å². The monoisotopic (exact) mass is 367 g/mol. The molecule has 0 saturated carbocycles. The van der Waals surface area contributed by atoms with Gasteiger partial charge < -0.3 is 5.32 Å². The SMILES string of the molecule is O=C(NC[C@H]1CCS(=O)(=O)C1)c1c(-n2cnnn2)sc2c1CCC2. The van der Waals surface area contributed by atoms with E-state index in [0.29, 0.717) is 18.5 Å². The number of rotatable bonds is 4. The molecule has 1 atom stereocenters. The normalized spacial score (nSPS) is 21.8. The molecule has 1 saturated heterocycles. The van der Waals surface area contributed by atoms with Gasteiger partial charge in [0.1, 0.15) is 11.3 Å². The van der Waals surface area contributed by atoms with Gasteiger partial charge in [-0.2, -0.15) is 4.68 Å². The second-order valence-corrected chi connectivity index (χ2v) is 9.58. The number of hydrogen-bond donors (Lipinski definition) is 1. The first-order chi connectivity index (χ1) is 11.5. The lowest BCUT2D eigenvalue weighted by Crippen LogP contribution is -2.30. The Morgan fingerprint density at radius 2 is 2.29 bits per heavy atom. The van der Waals surface area contributed by atoms with Gasteiger partial charge in [0.25, 0.3) is 5.91 Å². The van der Waals surface area contributed by atoms with Gasteiger partial charge in [0.05, 0.1) is 17.1 Å². The highest BCUT2D eigenvalue weighted by Crippen LogP contribution is 2.37. The average molecular weight is 367 g/mol. The topological polar surface area (TPSA) is 107 Å². The fraction of sp³-hybridized carbons (Fsp3) is 0.571. The molecular weight excluding hydrogens is 350 g/mol. The van der Waals surface area contributed by atoms with Gasteiger partial charge in [0, 0.05) is 11.4 Å². The number of hydrogen-bond acceptors (Lipinski definition) is 7. The third-order valence-electron chi connectivity index (χ3n) is 4.56. The van der Waals surface area contributed by atoms with E-state index in [2.05, 4.69) is 20.8 Å². The number of nitrogens with one attached hydrogen (secondary N) is 1. The van der Waals surface area contributed by atoms with E-state index in [4.69, 9.17) is 0 Å². The van der Waals surface area contributed by atoms with Gasteiger partial charge >= 0.3 is 0 Å². The first kappa shape index (κ1) is 15.7. The molecule has 0 spiro atoms. The average Bonchev–Trinajstić information content (AvgIpc) is 3.27. The number of nitrogens with zero attached hydrogens (tertiary/aromatic N) is 4. The predicted molar refractivity (Wildman–Crippen MR) is 88.2 cm³/mol. The summed E-state index contributed by atoms with van der Waals surface area (Å²) in [5, 5.41) is 14.9. The minimum Gasteiger partial charge on any atom is -0.352 e. The van der Waals surface area contributed by atoms with Crippen molar-refractivity contribution in [3.8, 4) is 5.00 Å². The highest BCUT2D eigenvalue weighted by atomic mass is 32.2. The van der Waals surface area contributed by atoms with Crippen LogP contribution in [0.5, 0.6) is 0 Å². The lowest BCUT2D eigenvalue weighted by molar-refractivity contribution is 0.0948.